The van der Waals surface area contributed by atoms with E-state index in [0.717, 1.165) is 64.5 Å². The monoisotopic (exact) mass is 668 g/mol. The van der Waals surface area contributed by atoms with Crippen LogP contribution in [-0.2, 0) is 19.0 Å². The molecule has 8 unspecified atom stereocenters. The molecule has 0 bridgehead atoms. The fourth-order valence-electron chi connectivity index (χ4n) is 13.0. The number of nitrogens with zero attached hydrogens (tertiary/aromatic N) is 2. The maximum atomic E-state index is 13.0. The van der Waals surface area contributed by atoms with Gasteiger partial charge in [0.15, 0.2) is 0 Å². The summed E-state index contributed by atoms with van der Waals surface area (Å²) >= 11 is 0. The summed E-state index contributed by atoms with van der Waals surface area (Å²) in [4.78, 5) is 40.4. The van der Waals surface area contributed by atoms with Crippen molar-refractivity contribution < 1.29 is 38.8 Å². The van der Waals surface area contributed by atoms with Crippen LogP contribution in [0.4, 0.5) is 9.59 Å². The van der Waals surface area contributed by atoms with Crippen molar-refractivity contribution in [1.29, 1.82) is 0 Å². The normalized spacial score (nSPS) is 47.4. The molecule has 2 amide bonds. The Kier molecular flexibility index (Phi) is 7.59. The molecule has 10 nitrogen and oxygen atoms in total. The lowest BCUT2D eigenvalue weighted by Gasteiger charge is -2.61. The molecule has 0 aromatic heterocycles. The molecule has 0 aromatic carbocycles. The number of amides is 2. The van der Waals surface area contributed by atoms with Crippen LogP contribution in [0.15, 0.2) is 11.6 Å². The molecule has 0 radical (unpaired) electrons. The van der Waals surface area contributed by atoms with Gasteiger partial charge >= 0.3 is 18.2 Å². The first kappa shape index (κ1) is 32.9. The number of hydrogen-bond acceptors (Lipinski definition) is 7. The lowest BCUT2D eigenvalue weighted by molar-refractivity contribution is -0.172. The minimum atomic E-state index is -0.860. The van der Waals surface area contributed by atoms with Crippen molar-refractivity contribution in [2.24, 2.45) is 51.2 Å². The van der Waals surface area contributed by atoms with Crippen LogP contribution in [-0.4, -0.2) is 94.9 Å². The lowest BCUT2D eigenvalue weighted by atomic mass is 9.43. The highest BCUT2D eigenvalue weighted by molar-refractivity contribution is 5.77. The number of aliphatic carboxylic acids is 1. The minimum absolute atomic E-state index is 0.0303. The highest BCUT2D eigenvalue weighted by atomic mass is 16.6. The van der Waals surface area contributed by atoms with Gasteiger partial charge in [-0.25, -0.2) is 9.59 Å². The number of aliphatic hydroxyl groups is 1. The molecular weight excluding hydrogens is 612 g/mol. The Balaban J connectivity index is 0.994. The van der Waals surface area contributed by atoms with Gasteiger partial charge in [-0.3, -0.25) is 4.79 Å². The highest BCUT2D eigenvalue weighted by Gasteiger charge is 2.83. The van der Waals surface area contributed by atoms with E-state index in [1.54, 1.807) is 4.90 Å². The van der Waals surface area contributed by atoms with Crippen LogP contribution >= 0.6 is 0 Å². The predicted molar refractivity (Wildman–Crippen MR) is 176 cm³/mol. The Morgan fingerprint density at radius 2 is 1.71 bits per heavy atom. The summed E-state index contributed by atoms with van der Waals surface area (Å²) in [5.41, 5.74) is 1.31. The molecular formula is C38H56N2O8. The van der Waals surface area contributed by atoms with E-state index in [4.69, 9.17) is 14.2 Å². The van der Waals surface area contributed by atoms with E-state index in [0.29, 0.717) is 11.8 Å². The summed E-state index contributed by atoms with van der Waals surface area (Å²) in [6.07, 6.45) is 10.1. The zero-order chi connectivity index (χ0) is 34.0. The van der Waals surface area contributed by atoms with E-state index in [-0.39, 0.29) is 77.1 Å². The predicted octanol–water partition coefficient (Wildman–Crippen LogP) is 5.86. The summed E-state index contributed by atoms with van der Waals surface area (Å²) in [5, 5.41) is 21.7. The molecule has 48 heavy (non-hydrogen) atoms. The number of carboxylic acids is 1. The number of hydrogen-bond donors (Lipinski definition) is 2. The molecule has 2 spiro atoms. The maximum absolute atomic E-state index is 13.0. The zero-order valence-electron chi connectivity index (χ0n) is 29.5. The van der Waals surface area contributed by atoms with Crippen LogP contribution in [0.5, 0.6) is 0 Å². The van der Waals surface area contributed by atoms with Gasteiger partial charge in [0.05, 0.1) is 24.2 Å². The van der Waals surface area contributed by atoms with Crippen LogP contribution in [0.3, 0.4) is 0 Å². The van der Waals surface area contributed by atoms with Gasteiger partial charge in [0, 0.05) is 31.6 Å². The van der Waals surface area contributed by atoms with E-state index in [1.807, 2.05) is 0 Å². The molecule has 12 atom stereocenters. The van der Waals surface area contributed by atoms with Gasteiger partial charge in [-0.05, 0) is 117 Å². The van der Waals surface area contributed by atoms with Gasteiger partial charge in [-0.2, -0.15) is 0 Å². The van der Waals surface area contributed by atoms with Gasteiger partial charge < -0.3 is 34.2 Å². The van der Waals surface area contributed by atoms with Crippen LogP contribution < -0.4 is 0 Å². The van der Waals surface area contributed by atoms with E-state index in [9.17, 15) is 24.6 Å². The summed E-state index contributed by atoms with van der Waals surface area (Å²) in [5.74, 6) is -0.183. The molecule has 5 aliphatic carbocycles. The van der Waals surface area contributed by atoms with Crippen molar-refractivity contribution in [3.63, 3.8) is 0 Å². The first-order valence-corrected chi connectivity index (χ1v) is 18.9. The van der Waals surface area contributed by atoms with Gasteiger partial charge in [0.25, 0.3) is 0 Å². The Bertz CT molecular complexity index is 1390. The van der Waals surface area contributed by atoms with E-state index >= 15 is 0 Å². The second-order valence-corrected chi connectivity index (χ2v) is 17.7. The Hall–Kier alpha value is -2.33. The third-order valence-corrected chi connectivity index (χ3v) is 15.9. The topological polar surface area (TPSA) is 126 Å². The van der Waals surface area contributed by atoms with E-state index < -0.39 is 24.1 Å². The third kappa shape index (κ3) is 4.26. The molecule has 10 heteroatoms. The van der Waals surface area contributed by atoms with Crippen molar-refractivity contribution in [2.45, 2.75) is 129 Å². The van der Waals surface area contributed by atoms with Crippen molar-refractivity contribution in [2.75, 3.05) is 26.2 Å². The number of carbonyl (C=O) groups is 3. The fraction of sp³-hybridized carbons (Fsp3) is 0.868. The molecule has 5 saturated carbocycles. The standard InChI is InChI=1S/C38H56N2O8/c1-6-23-24-9-11-28-36(5)31(41)30-25(8-10-27(46-30)29(21(2)3)48-33(44)39-16-7-17-39)35(36,4)14-15-38(28)20-37(24,38)13-12-26(23)47-34(45)40-18-22(19-40)32(42)43/h6,21-22,24-31,41H,7-20H2,1-5H3,(H,42,43)/b23-6+/t24-,25-,26?,27?,28?,29?,30?,31-,35?,36+,37?,38?/m0/s1. The molecule has 3 saturated heterocycles. The van der Waals surface area contributed by atoms with Crippen LogP contribution in [0.2, 0.25) is 0 Å². The van der Waals surface area contributed by atoms with Crippen molar-refractivity contribution in [1.82, 2.24) is 9.80 Å². The van der Waals surface area contributed by atoms with Crippen molar-refractivity contribution in [3.8, 4) is 0 Å². The molecule has 8 fully saturated rings. The number of carboxylic acid groups (broad SMARTS) is 1. The molecule has 3 aliphatic heterocycles. The Labute approximate surface area is 284 Å². The fourth-order valence-corrected chi connectivity index (χ4v) is 13.0. The van der Waals surface area contributed by atoms with Gasteiger partial charge in [0.1, 0.15) is 12.2 Å². The molecule has 266 valence electrons. The number of aliphatic hydroxyl groups excluding tert-OH is 1. The van der Waals surface area contributed by atoms with E-state index in [1.165, 1.54) is 23.3 Å². The van der Waals surface area contributed by atoms with Gasteiger partial charge in [0.2, 0.25) is 0 Å². The number of carbonyl (C=O) groups excluding carboxylic acids is 2. The lowest BCUT2D eigenvalue weighted by Crippen LogP contribution is -2.58. The second kappa shape index (κ2) is 11.1. The average Bonchev–Trinajstić information content (AvgIpc) is 3.62. The van der Waals surface area contributed by atoms with Crippen molar-refractivity contribution >= 4 is 18.2 Å². The first-order chi connectivity index (χ1) is 22.8. The number of likely N-dealkylation sites (tertiary alicyclic amines) is 2. The highest BCUT2D eigenvalue weighted by Crippen LogP contribution is 2.88. The van der Waals surface area contributed by atoms with Crippen molar-refractivity contribution in [3.05, 3.63) is 11.6 Å². The Morgan fingerprint density at radius 3 is 2.35 bits per heavy atom. The molecule has 2 N–H and O–H groups in total. The summed E-state index contributed by atoms with van der Waals surface area (Å²) < 4.78 is 19.1. The summed E-state index contributed by atoms with van der Waals surface area (Å²) in [6.45, 7) is 13.1. The van der Waals surface area contributed by atoms with E-state index in [2.05, 4.69) is 40.7 Å². The number of rotatable bonds is 5. The average molecular weight is 669 g/mol. The first-order valence-electron chi connectivity index (χ1n) is 18.9. The number of fused-ring (bicyclic) bond motifs is 4. The maximum Gasteiger partial charge on any atom is 0.410 e. The van der Waals surface area contributed by atoms with Crippen LogP contribution in [0.1, 0.15) is 98.8 Å². The number of allylic oxidation sites excluding steroid dienone is 1. The second-order valence-electron chi connectivity index (χ2n) is 17.7. The largest absolute Gasteiger partial charge is 0.481 e. The zero-order valence-corrected chi connectivity index (χ0v) is 29.5. The quantitative estimate of drug-likeness (QED) is 0.349. The smallest absolute Gasteiger partial charge is 0.410 e. The Morgan fingerprint density at radius 1 is 0.958 bits per heavy atom. The molecule has 8 rings (SSSR count). The summed E-state index contributed by atoms with van der Waals surface area (Å²) in [6, 6.07) is 0. The van der Waals surface area contributed by atoms with Gasteiger partial charge in [-0.1, -0.05) is 33.8 Å². The van der Waals surface area contributed by atoms with Crippen LogP contribution in [0, 0.1) is 51.2 Å². The number of ether oxygens (including phenoxy) is 3. The summed E-state index contributed by atoms with van der Waals surface area (Å²) in [7, 11) is 0. The molecule has 8 aliphatic rings. The SMILES string of the molecule is C/C=C1/C(OC(=O)N2CC(C(=O)O)C2)CCC23CC24CCC2(C)[C@H]5CCC(C(OC(=O)N6CCC6)C(C)C)OC5[C@H](O)[C@@]2(C)C4CC[C@@H]13. The molecule has 3 heterocycles. The minimum Gasteiger partial charge on any atom is -0.481 e. The van der Waals surface area contributed by atoms with Crippen LogP contribution in [0.25, 0.3) is 0 Å². The third-order valence-electron chi connectivity index (χ3n) is 15.9. The van der Waals surface area contributed by atoms with Gasteiger partial charge in [-0.15, -0.1) is 0 Å². The molecule has 0 aromatic rings.